The van der Waals surface area contributed by atoms with E-state index in [0.29, 0.717) is 0 Å². The van der Waals surface area contributed by atoms with E-state index in [4.69, 9.17) is 0 Å². The van der Waals surface area contributed by atoms with E-state index in [0.717, 1.165) is 11.8 Å². The number of hydrogen-bond donors (Lipinski definition) is 0. The van der Waals surface area contributed by atoms with Gasteiger partial charge in [-0.25, -0.2) is 0 Å². The van der Waals surface area contributed by atoms with Crippen LogP contribution in [0, 0.1) is 14.7 Å². The summed E-state index contributed by atoms with van der Waals surface area (Å²) in [4.78, 5) is 6.37. The molecule has 2 unspecified atom stereocenters. The van der Waals surface area contributed by atoms with Crippen molar-refractivity contribution >= 4 is 88.1 Å². The lowest BCUT2D eigenvalue weighted by molar-refractivity contribution is 0.450. The van der Waals surface area contributed by atoms with Crippen LogP contribution < -0.4 is 0 Å². The Morgan fingerprint density at radius 3 is 1.78 bits per heavy atom. The molecule has 0 N–H and O–H groups in total. The van der Waals surface area contributed by atoms with Crippen LogP contribution in [0.1, 0.15) is 159 Å². The molecule has 0 aliphatic carbocycles. The number of thiophene rings is 4. The maximum Gasteiger partial charge on any atom is 0.0666 e. The lowest BCUT2D eigenvalue weighted by Gasteiger charge is -2.14. The lowest BCUT2D eigenvalue weighted by atomic mass is 9.93. The molecule has 274 valence electrons. The van der Waals surface area contributed by atoms with E-state index in [1.54, 1.807) is 20.9 Å². The van der Waals surface area contributed by atoms with E-state index in [2.05, 4.69) is 116 Å². The first-order chi connectivity index (χ1) is 24.4. The molecular weight excluding hydrogens is 796 g/mol. The molecule has 5 heteroatoms. The third-order valence-electron chi connectivity index (χ3n) is 10.8. The van der Waals surface area contributed by atoms with Crippen molar-refractivity contribution in [2.45, 2.75) is 164 Å². The van der Waals surface area contributed by atoms with E-state index in [1.807, 2.05) is 22.7 Å². The van der Waals surface area contributed by atoms with Crippen LogP contribution in [0.3, 0.4) is 0 Å². The summed E-state index contributed by atoms with van der Waals surface area (Å²) in [5, 5.41) is 5.34. The Hall–Kier alpha value is -0.730. The van der Waals surface area contributed by atoms with Crippen molar-refractivity contribution in [2.24, 2.45) is 11.8 Å². The average Bonchev–Trinajstić information content (AvgIpc) is 3.91. The molecule has 0 saturated heterocycles. The average molecular weight is 859 g/mol. The molecule has 2 atom stereocenters. The van der Waals surface area contributed by atoms with Crippen LogP contribution in [0.4, 0.5) is 0 Å². The zero-order valence-corrected chi connectivity index (χ0v) is 37.4. The van der Waals surface area contributed by atoms with E-state index in [1.165, 1.54) is 166 Å². The van der Waals surface area contributed by atoms with Gasteiger partial charge >= 0.3 is 0 Å². The molecule has 0 spiro atoms. The summed E-state index contributed by atoms with van der Waals surface area (Å²) in [5.41, 5.74) is 6.32. The van der Waals surface area contributed by atoms with Gasteiger partial charge in [0, 0.05) is 50.8 Å². The molecule has 0 nitrogen and oxygen atoms in total. The third kappa shape index (κ3) is 10.3. The minimum atomic E-state index is 0.751. The standard InChI is InChI=1S/C45H63IS4/c1-7-12-16-18-22-33-28-39(48-37(33)26-31(6)20-14-9-3)42-35-24-25-47-44(35)43(36-30-41(46)50-45(36)42)40-29-34(23-19-17-13-8-2)38(49-40)27-32(11-5)21-15-10-4/h24-25,28-32H,7-23,26-27H2,1-6H3. The SMILES string of the molecule is CCCCCCc1cc(-c2c3cc(I)sc3c(-c3cc(CCCCCC)c(CC(C)CCCC)s3)c3ccsc23)sc1CC(CC)CCCC. The van der Waals surface area contributed by atoms with Gasteiger partial charge in [-0.15, -0.1) is 45.3 Å². The van der Waals surface area contributed by atoms with Crippen molar-refractivity contribution in [2.75, 3.05) is 0 Å². The fourth-order valence-corrected chi connectivity index (χ4v) is 13.6. The Morgan fingerprint density at radius 2 is 1.18 bits per heavy atom. The van der Waals surface area contributed by atoms with Gasteiger partial charge in [-0.05, 0) is 114 Å². The summed E-state index contributed by atoms with van der Waals surface area (Å²) in [7, 11) is 0. The van der Waals surface area contributed by atoms with Gasteiger partial charge in [-0.1, -0.05) is 125 Å². The zero-order valence-electron chi connectivity index (χ0n) is 32.0. The Bertz CT molecular complexity index is 1750. The maximum atomic E-state index is 2.64. The molecule has 5 aromatic rings. The van der Waals surface area contributed by atoms with E-state index >= 15 is 0 Å². The Kier molecular flexibility index (Phi) is 16.7. The van der Waals surface area contributed by atoms with E-state index in [-0.39, 0.29) is 0 Å². The molecule has 0 amide bonds. The Morgan fingerprint density at radius 1 is 0.600 bits per heavy atom. The molecule has 5 rings (SSSR count). The van der Waals surface area contributed by atoms with Gasteiger partial charge in [0.2, 0.25) is 0 Å². The summed E-state index contributed by atoms with van der Waals surface area (Å²) in [5.74, 6) is 1.55. The third-order valence-corrected chi connectivity index (χ3v) is 16.1. The first-order valence-electron chi connectivity index (χ1n) is 20.3. The fraction of sp³-hybridized carbons (Fsp3) is 0.600. The molecule has 50 heavy (non-hydrogen) atoms. The lowest BCUT2D eigenvalue weighted by Crippen LogP contribution is -2.04. The number of unbranched alkanes of at least 4 members (excludes halogenated alkanes) is 8. The summed E-state index contributed by atoms with van der Waals surface area (Å²) in [6, 6.07) is 10.2. The number of hydrogen-bond acceptors (Lipinski definition) is 4. The minimum absolute atomic E-state index is 0.751. The highest BCUT2D eigenvalue weighted by Gasteiger charge is 2.25. The van der Waals surface area contributed by atoms with E-state index in [9.17, 15) is 0 Å². The monoisotopic (exact) mass is 858 g/mol. The number of rotatable bonds is 23. The minimum Gasteiger partial charge on any atom is -0.143 e. The van der Waals surface area contributed by atoms with Gasteiger partial charge in [0.1, 0.15) is 0 Å². The molecule has 0 radical (unpaired) electrons. The predicted octanol–water partition coefficient (Wildman–Crippen LogP) is 17.6. The number of benzene rings is 1. The number of fused-ring (bicyclic) bond motifs is 2. The van der Waals surface area contributed by atoms with Crippen LogP contribution in [-0.4, -0.2) is 0 Å². The Labute approximate surface area is 335 Å². The summed E-state index contributed by atoms with van der Waals surface area (Å²) in [6.07, 6.45) is 24.9. The predicted molar refractivity (Wildman–Crippen MR) is 242 cm³/mol. The molecule has 1 aromatic carbocycles. The van der Waals surface area contributed by atoms with Crippen molar-refractivity contribution in [3.05, 3.63) is 53.4 Å². The van der Waals surface area contributed by atoms with Crippen molar-refractivity contribution in [1.82, 2.24) is 0 Å². The second kappa shape index (κ2) is 20.7. The molecular formula is C45H63IS4. The summed E-state index contributed by atoms with van der Waals surface area (Å²) in [6.45, 7) is 14.2. The van der Waals surface area contributed by atoms with Crippen LogP contribution in [0.5, 0.6) is 0 Å². The normalized spacial score (nSPS) is 13.3. The number of aryl methyl sites for hydroxylation is 2. The van der Waals surface area contributed by atoms with Crippen molar-refractivity contribution in [3.8, 4) is 20.9 Å². The Balaban J connectivity index is 1.60. The van der Waals surface area contributed by atoms with Crippen molar-refractivity contribution < 1.29 is 0 Å². The highest BCUT2D eigenvalue weighted by Crippen LogP contribution is 2.52. The maximum absolute atomic E-state index is 2.64. The second-order valence-corrected chi connectivity index (χ2v) is 21.2. The molecule has 4 heterocycles. The van der Waals surface area contributed by atoms with Crippen LogP contribution >= 0.6 is 67.9 Å². The van der Waals surface area contributed by atoms with Gasteiger partial charge in [-0.3, -0.25) is 0 Å². The number of halogens is 1. The fourth-order valence-electron chi connectivity index (χ4n) is 7.78. The molecule has 0 aliphatic heterocycles. The summed E-state index contributed by atoms with van der Waals surface area (Å²) < 4.78 is 4.42. The zero-order chi connectivity index (χ0) is 35.5. The largest absolute Gasteiger partial charge is 0.143 e. The first-order valence-corrected chi connectivity index (χ1v) is 24.7. The molecule has 4 aromatic heterocycles. The van der Waals surface area contributed by atoms with Gasteiger partial charge in [-0.2, -0.15) is 0 Å². The van der Waals surface area contributed by atoms with E-state index < -0.39 is 0 Å². The van der Waals surface area contributed by atoms with Crippen molar-refractivity contribution in [3.63, 3.8) is 0 Å². The topological polar surface area (TPSA) is 0 Å². The van der Waals surface area contributed by atoms with Crippen LogP contribution in [-0.2, 0) is 25.7 Å². The molecule has 0 fully saturated rings. The summed E-state index contributed by atoms with van der Waals surface area (Å²) >= 11 is 10.9. The van der Waals surface area contributed by atoms with Gasteiger partial charge < -0.3 is 0 Å². The van der Waals surface area contributed by atoms with Gasteiger partial charge in [0.25, 0.3) is 0 Å². The highest BCUT2D eigenvalue weighted by atomic mass is 127. The quantitative estimate of drug-likeness (QED) is 0.0453. The second-order valence-electron chi connectivity index (χ2n) is 15.0. The van der Waals surface area contributed by atoms with Crippen molar-refractivity contribution in [1.29, 1.82) is 0 Å². The first kappa shape index (κ1) is 40.5. The van der Waals surface area contributed by atoms with Crippen LogP contribution in [0.15, 0.2) is 29.6 Å². The molecule has 0 aliphatic rings. The van der Waals surface area contributed by atoms with Crippen LogP contribution in [0.2, 0.25) is 0 Å². The van der Waals surface area contributed by atoms with Crippen LogP contribution in [0.25, 0.3) is 41.1 Å². The van der Waals surface area contributed by atoms with Gasteiger partial charge in [0.15, 0.2) is 0 Å². The molecule has 0 bridgehead atoms. The van der Waals surface area contributed by atoms with Gasteiger partial charge in [0.05, 0.1) is 2.88 Å². The molecule has 0 saturated carbocycles. The smallest absolute Gasteiger partial charge is 0.0666 e. The highest BCUT2D eigenvalue weighted by molar-refractivity contribution is 14.1.